The number of ketones is 1. The first-order chi connectivity index (χ1) is 12.3. The molecule has 2 rings (SSSR count). The summed E-state index contributed by atoms with van der Waals surface area (Å²) in [7, 11) is 2.04. The summed E-state index contributed by atoms with van der Waals surface area (Å²) in [6.07, 6.45) is 5.97. The second-order valence-corrected chi connectivity index (χ2v) is 8.02. The molecule has 4 nitrogen and oxygen atoms in total. The molecule has 0 fully saturated rings. The molecule has 3 atom stereocenters. The van der Waals surface area contributed by atoms with Crippen LogP contribution in [0.3, 0.4) is 0 Å². The van der Waals surface area contributed by atoms with Gasteiger partial charge in [0.25, 0.3) is 0 Å². The maximum atomic E-state index is 13.1. The molecule has 26 heavy (non-hydrogen) atoms. The van der Waals surface area contributed by atoms with Gasteiger partial charge in [-0.05, 0) is 30.0 Å². The van der Waals surface area contributed by atoms with Crippen LogP contribution in [0.1, 0.15) is 70.3 Å². The molecule has 1 aromatic rings. The molecule has 1 aliphatic heterocycles. The lowest BCUT2D eigenvalue weighted by molar-refractivity contribution is -0.138. The Labute approximate surface area is 161 Å². The molecule has 0 saturated carbocycles. The summed E-state index contributed by atoms with van der Waals surface area (Å²) in [6, 6.07) is 5.87. The monoisotopic (exact) mass is 379 g/mol. The lowest BCUT2D eigenvalue weighted by atomic mass is 9.84. The fraction of sp³-hybridized carbons (Fsp3) is 0.619. The van der Waals surface area contributed by atoms with E-state index in [-0.39, 0.29) is 30.1 Å². The minimum Gasteiger partial charge on any atom is -0.481 e. The Morgan fingerprint density at radius 1 is 1.23 bits per heavy atom. The van der Waals surface area contributed by atoms with Gasteiger partial charge in [0.2, 0.25) is 0 Å². The largest absolute Gasteiger partial charge is 0.481 e. The second-order valence-electron chi connectivity index (χ2n) is 7.58. The zero-order valence-electron chi connectivity index (χ0n) is 16.0. The highest BCUT2D eigenvalue weighted by atomic mass is 35.5. The van der Waals surface area contributed by atoms with E-state index in [1.165, 1.54) is 19.3 Å². The molecule has 0 spiro atoms. The Hall–Kier alpha value is -1.55. The van der Waals surface area contributed by atoms with Crippen molar-refractivity contribution in [3.63, 3.8) is 0 Å². The molecular weight excluding hydrogens is 350 g/mol. The van der Waals surface area contributed by atoms with Gasteiger partial charge in [-0.15, -0.1) is 0 Å². The van der Waals surface area contributed by atoms with Gasteiger partial charge in [-0.3, -0.25) is 9.59 Å². The summed E-state index contributed by atoms with van der Waals surface area (Å²) in [6.45, 7) is 4.03. The van der Waals surface area contributed by atoms with E-state index in [1.807, 2.05) is 32.2 Å². The number of carboxylic acid groups (broad SMARTS) is 1. The Bertz CT molecular complexity index is 646. The number of carbonyl (C=O) groups excluding carboxylic acids is 1. The molecule has 0 saturated heterocycles. The molecule has 0 amide bonds. The number of aliphatic carboxylic acids is 1. The molecule has 0 aliphatic carbocycles. The number of nitrogens with zero attached hydrogens (tertiary/aromatic N) is 1. The predicted octanol–water partition coefficient (Wildman–Crippen LogP) is 5.28. The summed E-state index contributed by atoms with van der Waals surface area (Å²) in [4.78, 5) is 26.2. The fourth-order valence-corrected chi connectivity index (χ4v) is 4.23. The van der Waals surface area contributed by atoms with Gasteiger partial charge in [0.1, 0.15) is 5.78 Å². The normalized spacial score (nSPS) is 20.1. The number of likely N-dealkylation sites (N-methyl/N-ethyl adjacent to an activating group) is 1. The molecule has 5 heteroatoms. The number of carboxylic acids is 1. The topological polar surface area (TPSA) is 57.6 Å². The zero-order valence-corrected chi connectivity index (χ0v) is 16.8. The third-order valence-corrected chi connectivity index (χ3v) is 5.60. The molecule has 1 aliphatic rings. The highest BCUT2D eigenvalue weighted by Gasteiger charge is 2.40. The summed E-state index contributed by atoms with van der Waals surface area (Å²) in [5.41, 5.74) is 2.06. The molecule has 0 bridgehead atoms. The summed E-state index contributed by atoms with van der Waals surface area (Å²) in [5, 5.41) is 9.65. The Morgan fingerprint density at radius 2 is 1.96 bits per heavy atom. The van der Waals surface area contributed by atoms with Gasteiger partial charge in [0, 0.05) is 36.6 Å². The van der Waals surface area contributed by atoms with Crippen LogP contribution in [0.25, 0.3) is 0 Å². The number of hydrogen-bond donors (Lipinski definition) is 1. The lowest BCUT2D eigenvalue weighted by Gasteiger charge is -2.27. The highest BCUT2D eigenvalue weighted by molar-refractivity contribution is 6.31. The Balaban J connectivity index is 2.19. The average Bonchev–Trinajstić information content (AvgIpc) is 2.83. The van der Waals surface area contributed by atoms with Crippen molar-refractivity contribution in [3.8, 4) is 0 Å². The van der Waals surface area contributed by atoms with Crippen molar-refractivity contribution in [2.75, 3.05) is 11.9 Å². The SMILES string of the molecule is CCCCCCC1C(C(=O)CC(C)CC(=O)O)c2ccc(Cl)cc2N1C. The number of carbonyl (C=O) groups is 2. The molecule has 1 heterocycles. The van der Waals surface area contributed by atoms with Crippen molar-refractivity contribution < 1.29 is 14.7 Å². The van der Waals surface area contributed by atoms with Crippen LogP contribution >= 0.6 is 11.6 Å². The van der Waals surface area contributed by atoms with Crippen molar-refractivity contribution in [1.82, 2.24) is 0 Å². The van der Waals surface area contributed by atoms with E-state index in [0.717, 1.165) is 24.1 Å². The van der Waals surface area contributed by atoms with Crippen molar-refractivity contribution in [2.45, 2.75) is 70.8 Å². The van der Waals surface area contributed by atoms with Crippen LogP contribution in [-0.4, -0.2) is 29.9 Å². The van der Waals surface area contributed by atoms with Crippen LogP contribution < -0.4 is 4.90 Å². The summed E-state index contributed by atoms with van der Waals surface area (Å²) in [5.74, 6) is -1.04. The van der Waals surface area contributed by atoms with Crippen LogP contribution in [0.5, 0.6) is 0 Å². The number of unbranched alkanes of at least 4 members (excludes halogenated alkanes) is 3. The number of benzene rings is 1. The van der Waals surface area contributed by atoms with Crippen LogP contribution in [0, 0.1) is 5.92 Å². The van der Waals surface area contributed by atoms with Crippen molar-refractivity contribution in [1.29, 1.82) is 0 Å². The van der Waals surface area contributed by atoms with E-state index in [0.29, 0.717) is 11.4 Å². The maximum Gasteiger partial charge on any atom is 0.303 e. The van der Waals surface area contributed by atoms with Gasteiger partial charge >= 0.3 is 5.97 Å². The van der Waals surface area contributed by atoms with Crippen LogP contribution in [0.2, 0.25) is 5.02 Å². The molecule has 0 aromatic heterocycles. The first-order valence-corrected chi connectivity index (χ1v) is 9.99. The number of Topliss-reactive ketones (excluding diaryl/α,β-unsaturated/α-hetero) is 1. The zero-order chi connectivity index (χ0) is 19.3. The van der Waals surface area contributed by atoms with Gasteiger partial charge in [0.05, 0.1) is 5.92 Å². The van der Waals surface area contributed by atoms with E-state index < -0.39 is 5.97 Å². The molecule has 1 N–H and O–H groups in total. The van der Waals surface area contributed by atoms with Gasteiger partial charge in [-0.25, -0.2) is 0 Å². The standard InChI is InChI=1S/C21H30ClNO3/c1-4-5-6-7-8-17-21(19(24)11-14(2)12-20(25)26)16-10-9-15(22)13-18(16)23(17)3/h9-10,13-14,17,21H,4-8,11-12H2,1-3H3,(H,25,26). The van der Waals surface area contributed by atoms with Gasteiger partial charge in [-0.2, -0.15) is 0 Å². The van der Waals surface area contributed by atoms with E-state index in [2.05, 4.69) is 11.8 Å². The summed E-state index contributed by atoms with van der Waals surface area (Å²) < 4.78 is 0. The number of rotatable bonds is 10. The Kier molecular flexibility index (Phi) is 7.51. The average molecular weight is 380 g/mol. The third kappa shape index (κ3) is 5.00. The first-order valence-electron chi connectivity index (χ1n) is 9.61. The van der Waals surface area contributed by atoms with Gasteiger partial charge in [0.15, 0.2) is 0 Å². The minimum absolute atomic E-state index is 0.0307. The smallest absolute Gasteiger partial charge is 0.303 e. The number of fused-ring (bicyclic) bond motifs is 1. The second kappa shape index (κ2) is 9.40. The maximum absolute atomic E-state index is 13.1. The third-order valence-electron chi connectivity index (χ3n) is 5.36. The van der Waals surface area contributed by atoms with Crippen molar-refractivity contribution in [2.24, 2.45) is 5.92 Å². The molecule has 1 aromatic carbocycles. The van der Waals surface area contributed by atoms with Gasteiger partial charge in [-0.1, -0.05) is 57.2 Å². The molecular formula is C21H30ClNO3. The van der Waals surface area contributed by atoms with Gasteiger partial charge < -0.3 is 10.0 Å². The molecule has 0 radical (unpaired) electrons. The minimum atomic E-state index is -0.850. The summed E-state index contributed by atoms with van der Waals surface area (Å²) >= 11 is 6.17. The van der Waals surface area contributed by atoms with Crippen LogP contribution in [-0.2, 0) is 9.59 Å². The number of halogens is 1. The Morgan fingerprint density at radius 3 is 2.62 bits per heavy atom. The predicted molar refractivity (Wildman–Crippen MR) is 106 cm³/mol. The van der Waals surface area contributed by atoms with Crippen LogP contribution in [0.15, 0.2) is 18.2 Å². The van der Waals surface area contributed by atoms with E-state index in [4.69, 9.17) is 16.7 Å². The first kappa shape index (κ1) is 20.8. The number of anilines is 1. The van der Waals surface area contributed by atoms with E-state index in [1.54, 1.807) is 0 Å². The molecule has 144 valence electrons. The highest BCUT2D eigenvalue weighted by Crippen LogP contribution is 2.44. The van der Waals surface area contributed by atoms with Crippen LogP contribution in [0.4, 0.5) is 5.69 Å². The van der Waals surface area contributed by atoms with E-state index in [9.17, 15) is 9.59 Å². The number of hydrogen-bond acceptors (Lipinski definition) is 3. The van der Waals surface area contributed by atoms with Crippen molar-refractivity contribution in [3.05, 3.63) is 28.8 Å². The fourth-order valence-electron chi connectivity index (χ4n) is 4.06. The van der Waals surface area contributed by atoms with Crippen molar-refractivity contribution >= 4 is 29.0 Å². The lowest BCUT2D eigenvalue weighted by Crippen LogP contribution is -2.34. The van der Waals surface area contributed by atoms with E-state index >= 15 is 0 Å². The quantitative estimate of drug-likeness (QED) is 0.561. The molecule has 3 unspecified atom stereocenters.